The van der Waals surface area contributed by atoms with Crippen molar-refractivity contribution in [3.63, 3.8) is 0 Å². The summed E-state index contributed by atoms with van der Waals surface area (Å²) in [6, 6.07) is 21.4. The van der Waals surface area contributed by atoms with E-state index < -0.39 is 9.04 Å². The predicted octanol–water partition coefficient (Wildman–Crippen LogP) is 3.13. The summed E-state index contributed by atoms with van der Waals surface area (Å²) in [5, 5.41) is 2.66. The smallest absolute Gasteiger partial charge is 0.240 e. The predicted molar refractivity (Wildman–Crippen MR) is 103 cm³/mol. The van der Waals surface area contributed by atoms with Crippen molar-refractivity contribution >= 4 is 19.4 Å². The lowest BCUT2D eigenvalue weighted by atomic mass is 9.85. The molecule has 2 aromatic carbocycles. The Morgan fingerprint density at radius 1 is 0.958 bits per heavy atom. The molecule has 2 nitrogen and oxygen atoms in total. The highest BCUT2D eigenvalue weighted by molar-refractivity contribution is 6.80. The molecule has 0 saturated carbocycles. The van der Waals surface area contributed by atoms with Crippen molar-refractivity contribution in [3.05, 3.63) is 60.7 Å². The molecule has 1 unspecified atom stereocenters. The Morgan fingerprint density at radius 3 is 1.92 bits per heavy atom. The van der Waals surface area contributed by atoms with Crippen LogP contribution in [0.2, 0.25) is 0 Å². The minimum Gasteiger partial charge on any atom is -0.405 e. The summed E-state index contributed by atoms with van der Waals surface area (Å²) >= 11 is 0. The second-order valence-electron chi connectivity index (χ2n) is 7.68. The summed E-state index contributed by atoms with van der Waals surface area (Å²) in [5.41, 5.74) is 0.0593. The minimum absolute atomic E-state index is 0.0593. The highest BCUT2D eigenvalue weighted by Gasteiger charge is 2.38. The topological polar surface area (TPSA) is 18.5 Å². The Bertz CT molecular complexity index is 576. The summed E-state index contributed by atoms with van der Waals surface area (Å²) in [6.45, 7) is 7.66. The lowest BCUT2D eigenvalue weighted by Crippen LogP contribution is -2.52. The van der Waals surface area contributed by atoms with Crippen molar-refractivity contribution in [2.24, 2.45) is 5.41 Å². The molecule has 0 amide bonds. The van der Waals surface area contributed by atoms with Crippen molar-refractivity contribution < 1.29 is 9.16 Å². The second-order valence-corrected chi connectivity index (χ2v) is 10.0. The van der Waals surface area contributed by atoms with Gasteiger partial charge in [-0.3, -0.25) is 0 Å². The molecular weight excluding hydrogens is 312 g/mol. The molecule has 2 aromatic rings. The van der Waals surface area contributed by atoms with Crippen molar-refractivity contribution in [1.82, 2.24) is 0 Å². The molecule has 24 heavy (non-hydrogen) atoms. The Balaban J connectivity index is 1.93. The van der Waals surface area contributed by atoms with Gasteiger partial charge in [-0.05, 0) is 28.6 Å². The summed E-state index contributed by atoms with van der Waals surface area (Å²) in [6.07, 6.45) is 2.58. The number of benzene rings is 2. The third kappa shape index (κ3) is 4.15. The zero-order chi connectivity index (χ0) is 17.0. The molecule has 0 aromatic heterocycles. The minimum atomic E-state index is -1.74. The molecule has 128 valence electrons. The lowest BCUT2D eigenvalue weighted by Gasteiger charge is -2.37. The number of hydrogen-bond donors (Lipinski definition) is 0. The van der Waals surface area contributed by atoms with Gasteiger partial charge in [-0.15, -0.1) is 0 Å². The van der Waals surface area contributed by atoms with Crippen LogP contribution in [0, 0.1) is 5.41 Å². The zero-order valence-electron chi connectivity index (χ0n) is 14.9. The van der Waals surface area contributed by atoms with E-state index in [2.05, 4.69) is 81.4 Å². The maximum absolute atomic E-state index is 6.88. The zero-order valence-corrected chi connectivity index (χ0v) is 16.1. The summed E-state index contributed by atoms with van der Waals surface area (Å²) in [7, 11) is -1.74. The number of ether oxygens (including phenoxy) is 1. The van der Waals surface area contributed by atoms with Gasteiger partial charge >= 0.3 is 0 Å². The normalized spacial score (nSPS) is 19.6. The first-order valence-electron chi connectivity index (χ1n) is 8.92. The van der Waals surface area contributed by atoms with E-state index in [1.165, 1.54) is 10.4 Å². The van der Waals surface area contributed by atoms with Crippen LogP contribution in [-0.2, 0) is 9.16 Å². The van der Waals surface area contributed by atoms with Gasteiger partial charge in [0.2, 0.25) is 9.04 Å². The largest absolute Gasteiger partial charge is 0.405 e. The van der Waals surface area contributed by atoms with Crippen LogP contribution in [0.1, 0.15) is 33.6 Å². The molecule has 2 atom stereocenters. The Kier molecular flexibility index (Phi) is 5.54. The molecule has 0 radical (unpaired) electrons. The summed E-state index contributed by atoms with van der Waals surface area (Å²) in [4.78, 5) is 0. The standard InChI is InChI=1S/C21H28O2Si/c1-21(2,3)20(19-15-10-16-22-19)23-24(17-11-6-4-7-12-17)18-13-8-5-9-14-18/h4-9,11-14,19-20,24H,10,15-16H2,1-3H3/t19?,20-/m1/s1. The van der Waals surface area contributed by atoms with Crippen molar-refractivity contribution in [2.45, 2.75) is 45.8 Å². The van der Waals surface area contributed by atoms with Crippen LogP contribution < -0.4 is 10.4 Å². The maximum Gasteiger partial charge on any atom is 0.240 e. The van der Waals surface area contributed by atoms with E-state index in [0.29, 0.717) is 0 Å². The molecule has 0 bridgehead atoms. The van der Waals surface area contributed by atoms with Crippen LogP contribution in [0.5, 0.6) is 0 Å². The molecule has 0 aliphatic carbocycles. The SMILES string of the molecule is CC(C)(C)[C@H](O[SiH](c1ccccc1)c1ccccc1)C1CCCO1. The molecule has 1 heterocycles. The van der Waals surface area contributed by atoms with Crippen LogP contribution in [0.4, 0.5) is 0 Å². The van der Waals surface area contributed by atoms with Gasteiger partial charge in [0.05, 0.1) is 12.2 Å². The molecule has 3 heteroatoms. The molecule has 0 spiro atoms. The van der Waals surface area contributed by atoms with Gasteiger partial charge in [0.1, 0.15) is 0 Å². The maximum atomic E-state index is 6.88. The van der Waals surface area contributed by atoms with E-state index >= 15 is 0 Å². The monoisotopic (exact) mass is 340 g/mol. The number of hydrogen-bond acceptors (Lipinski definition) is 2. The quantitative estimate of drug-likeness (QED) is 0.779. The van der Waals surface area contributed by atoms with E-state index in [9.17, 15) is 0 Å². The molecule has 1 saturated heterocycles. The first-order valence-corrected chi connectivity index (χ1v) is 10.6. The average Bonchev–Trinajstić information content (AvgIpc) is 3.10. The lowest BCUT2D eigenvalue weighted by molar-refractivity contribution is -0.0401. The van der Waals surface area contributed by atoms with Crippen molar-refractivity contribution in [3.8, 4) is 0 Å². The third-order valence-corrected chi connectivity index (χ3v) is 7.19. The first kappa shape index (κ1) is 17.4. The molecule has 1 aliphatic heterocycles. The molecule has 0 N–H and O–H groups in total. The fourth-order valence-corrected chi connectivity index (χ4v) is 6.16. The Labute approximate surface area is 147 Å². The van der Waals surface area contributed by atoms with Gasteiger partial charge < -0.3 is 9.16 Å². The molecule has 1 fully saturated rings. The first-order chi connectivity index (χ1) is 11.6. The van der Waals surface area contributed by atoms with E-state index in [4.69, 9.17) is 9.16 Å². The number of rotatable bonds is 5. The van der Waals surface area contributed by atoms with E-state index in [1.807, 2.05) is 0 Å². The Morgan fingerprint density at radius 2 is 1.50 bits per heavy atom. The fraction of sp³-hybridized carbons (Fsp3) is 0.429. The van der Waals surface area contributed by atoms with E-state index in [-0.39, 0.29) is 17.6 Å². The van der Waals surface area contributed by atoms with Gasteiger partial charge in [-0.2, -0.15) is 0 Å². The van der Waals surface area contributed by atoms with Gasteiger partial charge in [0.15, 0.2) is 0 Å². The van der Waals surface area contributed by atoms with Crippen molar-refractivity contribution in [2.75, 3.05) is 6.61 Å². The highest BCUT2D eigenvalue weighted by Crippen LogP contribution is 2.31. The van der Waals surface area contributed by atoms with E-state index in [0.717, 1.165) is 19.4 Å². The third-order valence-electron chi connectivity index (χ3n) is 4.64. The van der Waals surface area contributed by atoms with Crippen LogP contribution in [0.25, 0.3) is 0 Å². The fourth-order valence-electron chi connectivity index (χ4n) is 3.44. The summed E-state index contributed by atoms with van der Waals surface area (Å²) in [5.74, 6) is 0. The molecular formula is C21H28O2Si. The van der Waals surface area contributed by atoms with E-state index in [1.54, 1.807) is 0 Å². The Hall–Kier alpha value is -1.42. The second kappa shape index (κ2) is 7.64. The van der Waals surface area contributed by atoms with Crippen LogP contribution in [0.3, 0.4) is 0 Å². The molecule has 1 aliphatic rings. The van der Waals surface area contributed by atoms with Gasteiger partial charge in [-0.1, -0.05) is 81.4 Å². The van der Waals surface area contributed by atoms with Crippen LogP contribution in [0.15, 0.2) is 60.7 Å². The average molecular weight is 341 g/mol. The molecule has 3 rings (SSSR count). The van der Waals surface area contributed by atoms with Crippen LogP contribution >= 0.6 is 0 Å². The van der Waals surface area contributed by atoms with Crippen molar-refractivity contribution in [1.29, 1.82) is 0 Å². The highest BCUT2D eigenvalue weighted by atomic mass is 28.3. The van der Waals surface area contributed by atoms with Gasteiger partial charge in [-0.25, -0.2) is 0 Å². The van der Waals surface area contributed by atoms with Gasteiger partial charge in [0.25, 0.3) is 0 Å². The van der Waals surface area contributed by atoms with Gasteiger partial charge in [0, 0.05) is 6.61 Å². The van der Waals surface area contributed by atoms with Crippen LogP contribution in [-0.4, -0.2) is 27.9 Å². The summed E-state index contributed by atoms with van der Waals surface area (Å²) < 4.78 is 12.9.